The molecular formula is C25H26N6O2. The first-order chi connectivity index (χ1) is 16.1. The first kappa shape index (κ1) is 22.3. The summed E-state index contributed by atoms with van der Waals surface area (Å²) in [6.45, 7) is 5.64. The van der Waals surface area contributed by atoms with E-state index in [1.807, 2.05) is 36.4 Å². The maximum Gasteiger partial charge on any atom is 0.267 e. The number of carbonyl (C=O) groups excluding carboxylic acids is 2. The van der Waals surface area contributed by atoms with E-state index in [0.717, 1.165) is 36.1 Å². The molecule has 8 nitrogen and oxygen atoms in total. The lowest BCUT2D eigenvalue weighted by Crippen LogP contribution is -2.47. The van der Waals surface area contributed by atoms with Gasteiger partial charge in [-0.1, -0.05) is 36.9 Å². The van der Waals surface area contributed by atoms with Crippen LogP contribution in [0.3, 0.4) is 0 Å². The lowest BCUT2D eigenvalue weighted by atomic mass is 9.92. The van der Waals surface area contributed by atoms with E-state index in [1.165, 1.54) is 12.4 Å². The molecule has 0 unspecified atom stereocenters. The molecule has 1 atom stereocenters. The molecule has 0 bridgehead atoms. The van der Waals surface area contributed by atoms with Crippen molar-refractivity contribution in [3.8, 4) is 22.4 Å². The quantitative estimate of drug-likeness (QED) is 0.544. The Morgan fingerprint density at radius 2 is 2.03 bits per heavy atom. The van der Waals surface area contributed by atoms with Gasteiger partial charge in [-0.15, -0.1) is 0 Å². The first-order valence-electron chi connectivity index (χ1n) is 10.9. The maximum absolute atomic E-state index is 12.4. The van der Waals surface area contributed by atoms with Gasteiger partial charge in [-0.05, 0) is 42.7 Å². The molecule has 0 aliphatic carbocycles. The minimum absolute atomic E-state index is 0.0318. The zero-order chi connectivity index (χ0) is 23.2. The molecule has 4 rings (SSSR count). The molecule has 0 spiro atoms. The van der Waals surface area contributed by atoms with Crippen molar-refractivity contribution in [2.75, 3.05) is 13.1 Å². The third-order valence-corrected chi connectivity index (χ3v) is 5.76. The van der Waals surface area contributed by atoms with Gasteiger partial charge in [0.25, 0.3) is 5.91 Å². The van der Waals surface area contributed by atoms with Crippen LogP contribution in [0.5, 0.6) is 0 Å². The van der Waals surface area contributed by atoms with Crippen molar-refractivity contribution in [3.63, 3.8) is 0 Å². The highest BCUT2D eigenvalue weighted by molar-refractivity contribution is 6.00. The second-order valence-electron chi connectivity index (χ2n) is 7.99. The number of rotatable bonds is 7. The van der Waals surface area contributed by atoms with Crippen LogP contribution in [0.1, 0.15) is 28.9 Å². The molecule has 0 saturated carbocycles. The number of pyridine rings is 1. The monoisotopic (exact) mass is 442 g/mol. The number of hydrogen-bond acceptors (Lipinski definition) is 6. The summed E-state index contributed by atoms with van der Waals surface area (Å²) >= 11 is 0. The highest BCUT2D eigenvalue weighted by Crippen LogP contribution is 2.34. The third-order valence-electron chi connectivity index (χ3n) is 5.76. The fourth-order valence-electron chi connectivity index (χ4n) is 4.29. The van der Waals surface area contributed by atoms with E-state index < -0.39 is 5.91 Å². The summed E-state index contributed by atoms with van der Waals surface area (Å²) in [7, 11) is 0. The van der Waals surface area contributed by atoms with Crippen LogP contribution < -0.4 is 11.1 Å². The predicted octanol–water partition coefficient (Wildman–Crippen LogP) is 2.57. The standard InChI is InChI=1S/C25H26N6O2/c1-2-22(32)30-18-9-6-12-31(14-18)15-20-19(21-10-11-27-16-29-21)13-28-24(25(26)33)23(20)17-7-4-3-5-8-17/h2-5,7-8,10-11,13,16,18H,1,6,9,12,14-15H2,(H2,26,33)(H,30,32)/t18-/m1/s1. The van der Waals surface area contributed by atoms with E-state index in [0.29, 0.717) is 24.3 Å². The summed E-state index contributed by atoms with van der Waals surface area (Å²) < 4.78 is 0. The summed E-state index contributed by atoms with van der Waals surface area (Å²) in [6.07, 6.45) is 7.97. The normalized spacial score (nSPS) is 16.2. The van der Waals surface area contributed by atoms with Crippen molar-refractivity contribution in [1.29, 1.82) is 0 Å². The first-order valence-corrected chi connectivity index (χ1v) is 10.9. The molecule has 1 aromatic carbocycles. The van der Waals surface area contributed by atoms with E-state index in [1.54, 1.807) is 12.4 Å². The van der Waals surface area contributed by atoms with Crippen LogP contribution in [0.2, 0.25) is 0 Å². The molecular weight excluding hydrogens is 416 g/mol. The Balaban J connectivity index is 1.80. The second kappa shape index (κ2) is 10.1. The van der Waals surface area contributed by atoms with Crippen molar-refractivity contribution in [2.24, 2.45) is 5.73 Å². The van der Waals surface area contributed by atoms with Gasteiger partial charge >= 0.3 is 0 Å². The number of primary amides is 1. The lowest BCUT2D eigenvalue weighted by Gasteiger charge is -2.34. The molecule has 3 N–H and O–H groups in total. The Labute approximate surface area is 192 Å². The van der Waals surface area contributed by atoms with E-state index in [2.05, 4.69) is 31.7 Å². The van der Waals surface area contributed by atoms with Crippen LogP contribution in [-0.4, -0.2) is 50.8 Å². The maximum atomic E-state index is 12.4. The average molecular weight is 443 g/mol. The van der Waals surface area contributed by atoms with Crippen LogP contribution in [0.15, 0.2) is 67.8 Å². The van der Waals surface area contributed by atoms with Crippen molar-refractivity contribution < 1.29 is 9.59 Å². The van der Waals surface area contributed by atoms with Crippen LogP contribution in [0.25, 0.3) is 22.4 Å². The summed E-state index contributed by atoms with van der Waals surface area (Å²) in [5, 5.41) is 3.00. The molecule has 33 heavy (non-hydrogen) atoms. The van der Waals surface area contributed by atoms with E-state index in [4.69, 9.17) is 5.73 Å². The number of hydrogen-bond donors (Lipinski definition) is 2. The molecule has 3 heterocycles. The number of aromatic nitrogens is 3. The number of piperidine rings is 1. The summed E-state index contributed by atoms with van der Waals surface area (Å²) in [4.78, 5) is 39.3. The number of amides is 2. The van der Waals surface area contributed by atoms with E-state index in [-0.39, 0.29) is 17.6 Å². The smallest absolute Gasteiger partial charge is 0.267 e. The van der Waals surface area contributed by atoms with Gasteiger partial charge in [0.15, 0.2) is 0 Å². The largest absolute Gasteiger partial charge is 0.364 e. The highest BCUT2D eigenvalue weighted by atomic mass is 16.1. The van der Waals surface area contributed by atoms with Gasteiger partial charge in [-0.3, -0.25) is 14.5 Å². The Bertz CT molecular complexity index is 1150. The fraction of sp³-hybridized carbons (Fsp3) is 0.240. The molecule has 2 aromatic heterocycles. The number of likely N-dealkylation sites (tertiary alicyclic amines) is 1. The topological polar surface area (TPSA) is 114 Å². The summed E-state index contributed by atoms with van der Waals surface area (Å²) in [5.74, 6) is -0.757. The molecule has 1 aliphatic rings. The minimum atomic E-state index is -0.584. The van der Waals surface area contributed by atoms with Crippen molar-refractivity contribution >= 4 is 11.8 Å². The van der Waals surface area contributed by atoms with Crippen molar-refractivity contribution in [1.82, 2.24) is 25.2 Å². The van der Waals surface area contributed by atoms with Gasteiger partial charge < -0.3 is 11.1 Å². The fourth-order valence-corrected chi connectivity index (χ4v) is 4.29. The number of nitrogens with zero attached hydrogens (tertiary/aromatic N) is 4. The van der Waals surface area contributed by atoms with Gasteiger partial charge in [-0.2, -0.15) is 0 Å². The Hall–Kier alpha value is -3.91. The molecule has 1 fully saturated rings. The van der Waals surface area contributed by atoms with Crippen LogP contribution in [0.4, 0.5) is 0 Å². The van der Waals surface area contributed by atoms with Gasteiger partial charge in [0.1, 0.15) is 12.0 Å². The van der Waals surface area contributed by atoms with E-state index >= 15 is 0 Å². The second-order valence-corrected chi connectivity index (χ2v) is 7.99. The zero-order valence-electron chi connectivity index (χ0n) is 18.3. The van der Waals surface area contributed by atoms with Crippen molar-refractivity contribution in [3.05, 3.63) is 79.0 Å². The number of nitrogens with two attached hydrogens (primary N) is 1. The highest BCUT2D eigenvalue weighted by Gasteiger charge is 2.26. The molecule has 0 radical (unpaired) electrons. The molecule has 168 valence electrons. The van der Waals surface area contributed by atoms with Gasteiger partial charge in [0.2, 0.25) is 5.91 Å². The number of benzene rings is 1. The van der Waals surface area contributed by atoms with Crippen LogP contribution in [-0.2, 0) is 11.3 Å². The number of carbonyl (C=O) groups is 2. The molecule has 1 saturated heterocycles. The molecule has 8 heteroatoms. The average Bonchev–Trinajstić information content (AvgIpc) is 2.85. The Morgan fingerprint density at radius 1 is 1.21 bits per heavy atom. The predicted molar refractivity (Wildman–Crippen MR) is 126 cm³/mol. The Morgan fingerprint density at radius 3 is 2.73 bits per heavy atom. The van der Waals surface area contributed by atoms with Gasteiger partial charge in [-0.25, -0.2) is 15.0 Å². The van der Waals surface area contributed by atoms with Crippen molar-refractivity contribution in [2.45, 2.75) is 25.4 Å². The van der Waals surface area contributed by atoms with Gasteiger partial charge in [0.05, 0.1) is 5.69 Å². The van der Waals surface area contributed by atoms with Crippen LogP contribution >= 0.6 is 0 Å². The van der Waals surface area contributed by atoms with Gasteiger partial charge in [0, 0.05) is 42.7 Å². The number of nitrogens with one attached hydrogen (secondary N) is 1. The molecule has 2 amide bonds. The molecule has 3 aromatic rings. The molecule has 1 aliphatic heterocycles. The van der Waals surface area contributed by atoms with Crippen LogP contribution in [0, 0.1) is 0 Å². The lowest BCUT2D eigenvalue weighted by molar-refractivity contribution is -0.117. The summed E-state index contributed by atoms with van der Waals surface area (Å²) in [5.41, 5.74) is 9.98. The van der Waals surface area contributed by atoms with E-state index in [9.17, 15) is 9.59 Å². The SMILES string of the molecule is C=CC(=O)N[C@@H]1CCCN(Cc2c(-c3ccncn3)cnc(C(N)=O)c2-c2ccccc2)C1. The summed E-state index contributed by atoms with van der Waals surface area (Å²) in [6, 6.07) is 11.5. The Kier molecular flexibility index (Phi) is 6.85. The third kappa shape index (κ3) is 5.12. The zero-order valence-corrected chi connectivity index (χ0v) is 18.3. The minimum Gasteiger partial charge on any atom is -0.364 e.